The van der Waals surface area contributed by atoms with E-state index in [0.29, 0.717) is 11.6 Å². The Labute approximate surface area is 145 Å². The van der Waals surface area contributed by atoms with Crippen molar-refractivity contribution in [1.29, 1.82) is 0 Å². The molecule has 3 rings (SSSR count). The summed E-state index contributed by atoms with van der Waals surface area (Å²) in [6.07, 6.45) is 0. The highest BCUT2D eigenvalue weighted by Crippen LogP contribution is 2.22. The molecular formula is C19H20FN3O2. The van der Waals surface area contributed by atoms with Gasteiger partial charge in [-0.05, 0) is 30.2 Å². The number of hydrogen-bond acceptors (Lipinski definition) is 3. The van der Waals surface area contributed by atoms with Crippen LogP contribution in [0.25, 0.3) is 11.0 Å². The van der Waals surface area contributed by atoms with Crippen LogP contribution in [0.1, 0.15) is 25.7 Å². The Balaban J connectivity index is 1.68. The number of aromatic nitrogens is 2. The van der Waals surface area contributed by atoms with Gasteiger partial charge in [0.25, 0.3) is 5.91 Å². The molecule has 1 atom stereocenters. The van der Waals surface area contributed by atoms with Crippen LogP contribution < -0.4 is 10.1 Å². The zero-order valence-electron chi connectivity index (χ0n) is 14.1. The molecule has 1 amide bonds. The van der Waals surface area contributed by atoms with E-state index in [2.05, 4.69) is 15.3 Å². The molecule has 3 aromatic rings. The van der Waals surface area contributed by atoms with Crippen LogP contribution in [-0.4, -0.2) is 22.5 Å². The number of benzene rings is 2. The van der Waals surface area contributed by atoms with Crippen molar-refractivity contribution < 1.29 is 13.9 Å². The zero-order chi connectivity index (χ0) is 17.8. The average Bonchev–Trinajstić information content (AvgIpc) is 3.01. The summed E-state index contributed by atoms with van der Waals surface area (Å²) in [5.41, 5.74) is 1.78. The van der Waals surface area contributed by atoms with E-state index in [9.17, 15) is 9.18 Å². The van der Waals surface area contributed by atoms with Crippen LogP contribution >= 0.6 is 0 Å². The summed E-state index contributed by atoms with van der Waals surface area (Å²) in [6, 6.07) is 13.2. The predicted molar refractivity (Wildman–Crippen MR) is 93.7 cm³/mol. The number of aromatic amines is 1. The number of imidazole rings is 1. The van der Waals surface area contributed by atoms with Crippen molar-refractivity contribution in [2.75, 3.05) is 6.61 Å². The topological polar surface area (TPSA) is 67.0 Å². The number of H-pyrrole nitrogens is 1. The summed E-state index contributed by atoms with van der Waals surface area (Å²) >= 11 is 0. The fraction of sp³-hybridized carbons (Fsp3) is 0.263. The van der Waals surface area contributed by atoms with Gasteiger partial charge in [0.2, 0.25) is 0 Å². The molecule has 5 nitrogen and oxygen atoms in total. The number of rotatable bonds is 6. The highest BCUT2D eigenvalue weighted by molar-refractivity contribution is 5.78. The number of nitrogens with zero attached hydrogens (tertiary/aromatic N) is 1. The molecular weight excluding hydrogens is 321 g/mol. The second-order valence-electron chi connectivity index (χ2n) is 6.17. The number of para-hydroxylation sites is 2. The van der Waals surface area contributed by atoms with Crippen LogP contribution in [0.2, 0.25) is 0 Å². The molecule has 0 bridgehead atoms. The summed E-state index contributed by atoms with van der Waals surface area (Å²) in [4.78, 5) is 20.0. The van der Waals surface area contributed by atoms with Crippen LogP contribution in [-0.2, 0) is 4.79 Å². The number of carbonyl (C=O) groups is 1. The van der Waals surface area contributed by atoms with Crippen molar-refractivity contribution >= 4 is 16.9 Å². The first-order valence-electron chi connectivity index (χ1n) is 8.15. The number of halogens is 1. The Bertz CT molecular complexity index is 843. The number of hydrogen-bond donors (Lipinski definition) is 2. The van der Waals surface area contributed by atoms with E-state index in [1.54, 1.807) is 6.07 Å². The van der Waals surface area contributed by atoms with Crippen molar-refractivity contribution in [3.8, 4) is 5.75 Å². The molecule has 1 aromatic heterocycles. The van der Waals surface area contributed by atoms with E-state index in [1.807, 2.05) is 38.1 Å². The third-order valence-corrected chi connectivity index (χ3v) is 3.85. The van der Waals surface area contributed by atoms with Crippen molar-refractivity contribution in [2.45, 2.75) is 19.9 Å². The quantitative estimate of drug-likeness (QED) is 0.720. The van der Waals surface area contributed by atoms with E-state index in [-0.39, 0.29) is 24.5 Å². The molecule has 130 valence electrons. The number of carbonyl (C=O) groups excluding carboxylic acids is 1. The fourth-order valence-corrected chi connectivity index (χ4v) is 2.59. The first-order valence-corrected chi connectivity index (χ1v) is 8.15. The van der Waals surface area contributed by atoms with Crippen molar-refractivity contribution in [3.63, 3.8) is 0 Å². The number of fused-ring (bicyclic) bond motifs is 1. The van der Waals surface area contributed by atoms with Gasteiger partial charge in [-0.15, -0.1) is 0 Å². The Hall–Kier alpha value is -2.89. The first-order chi connectivity index (χ1) is 12.0. The van der Waals surface area contributed by atoms with Gasteiger partial charge in [-0.25, -0.2) is 9.37 Å². The summed E-state index contributed by atoms with van der Waals surface area (Å²) in [7, 11) is 0. The summed E-state index contributed by atoms with van der Waals surface area (Å²) in [6.45, 7) is 3.82. The van der Waals surface area contributed by atoms with Crippen LogP contribution in [0.5, 0.6) is 5.75 Å². The van der Waals surface area contributed by atoms with Crippen LogP contribution in [0.15, 0.2) is 48.5 Å². The second-order valence-corrected chi connectivity index (χ2v) is 6.17. The van der Waals surface area contributed by atoms with E-state index in [0.717, 1.165) is 11.0 Å². The minimum atomic E-state index is -0.403. The lowest BCUT2D eigenvalue weighted by Crippen LogP contribution is -2.35. The van der Waals surface area contributed by atoms with Gasteiger partial charge in [-0.1, -0.05) is 32.0 Å². The standard InChI is InChI=1S/C19H20FN3O2/c1-12(2)18(19-21-15-8-3-4-9-16(15)22-19)23-17(24)11-25-14-7-5-6-13(20)10-14/h3-10,12,18H,11H2,1-2H3,(H,21,22)(H,23,24)/t18-/m0/s1. The monoisotopic (exact) mass is 341 g/mol. The van der Waals surface area contributed by atoms with Crippen LogP contribution in [0.3, 0.4) is 0 Å². The Kier molecular flexibility index (Phi) is 4.97. The van der Waals surface area contributed by atoms with Gasteiger partial charge in [0.1, 0.15) is 17.4 Å². The van der Waals surface area contributed by atoms with Gasteiger partial charge < -0.3 is 15.0 Å². The minimum absolute atomic E-state index is 0.138. The lowest BCUT2D eigenvalue weighted by atomic mass is 10.0. The lowest BCUT2D eigenvalue weighted by molar-refractivity contribution is -0.124. The van der Waals surface area contributed by atoms with Gasteiger partial charge in [0.15, 0.2) is 6.61 Å². The molecule has 0 spiro atoms. The first kappa shape index (κ1) is 17.0. The maximum absolute atomic E-state index is 13.1. The maximum atomic E-state index is 13.1. The van der Waals surface area contributed by atoms with E-state index >= 15 is 0 Å². The third kappa shape index (κ3) is 4.15. The molecule has 25 heavy (non-hydrogen) atoms. The molecule has 0 saturated heterocycles. The van der Waals surface area contributed by atoms with Gasteiger partial charge in [0.05, 0.1) is 17.1 Å². The molecule has 0 unspecified atom stereocenters. The van der Waals surface area contributed by atoms with Crippen LogP contribution in [0.4, 0.5) is 4.39 Å². The summed E-state index contributed by atoms with van der Waals surface area (Å²) < 4.78 is 18.5. The van der Waals surface area contributed by atoms with Gasteiger partial charge >= 0.3 is 0 Å². The van der Waals surface area contributed by atoms with E-state index in [4.69, 9.17) is 4.74 Å². The number of amides is 1. The SMILES string of the molecule is CC(C)[C@H](NC(=O)COc1cccc(F)c1)c1nc2ccccc2[nH]1. The average molecular weight is 341 g/mol. The Morgan fingerprint density at radius 1 is 1.24 bits per heavy atom. The summed E-state index contributed by atoms with van der Waals surface area (Å²) in [5.74, 6) is 0.470. The molecule has 0 aliphatic heterocycles. The molecule has 0 fully saturated rings. The third-order valence-electron chi connectivity index (χ3n) is 3.85. The lowest BCUT2D eigenvalue weighted by Gasteiger charge is -2.20. The fourth-order valence-electron chi connectivity index (χ4n) is 2.59. The van der Waals surface area contributed by atoms with E-state index in [1.165, 1.54) is 18.2 Å². The van der Waals surface area contributed by atoms with Crippen molar-refractivity contribution in [3.05, 3.63) is 60.2 Å². The Morgan fingerprint density at radius 2 is 2.04 bits per heavy atom. The maximum Gasteiger partial charge on any atom is 0.258 e. The molecule has 0 aliphatic carbocycles. The van der Waals surface area contributed by atoms with Crippen molar-refractivity contribution in [2.24, 2.45) is 5.92 Å². The molecule has 0 radical (unpaired) electrons. The normalized spacial score (nSPS) is 12.3. The second kappa shape index (κ2) is 7.34. The molecule has 6 heteroatoms. The molecule has 0 saturated carbocycles. The smallest absolute Gasteiger partial charge is 0.258 e. The van der Waals surface area contributed by atoms with Crippen molar-refractivity contribution in [1.82, 2.24) is 15.3 Å². The molecule has 2 aromatic carbocycles. The molecule has 1 heterocycles. The highest BCUT2D eigenvalue weighted by Gasteiger charge is 2.22. The zero-order valence-corrected chi connectivity index (χ0v) is 14.1. The molecule has 0 aliphatic rings. The predicted octanol–water partition coefficient (Wildman–Crippen LogP) is 3.59. The Morgan fingerprint density at radius 3 is 2.76 bits per heavy atom. The van der Waals surface area contributed by atoms with Gasteiger partial charge in [0, 0.05) is 6.07 Å². The number of nitrogens with one attached hydrogen (secondary N) is 2. The number of ether oxygens (including phenoxy) is 1. The molecule has 2 N–H and O–H groups in total. The van der Waals surface area contributed by atoms with E-state index < -0.39 is 5.82 Å². The largest absolute Gasteiger partial charge is 0.484 e. The minimum Gasteiger partial charge on any atom is -0.484 e. The van der Waals surface area contributed by atoms with Crippen LogP contribution in [0, 0.1) is 11.7 Å². The van der Waals surface area contributed by atoms with Gasteiger partial charge in [-0.2, -0.15) is 0 Å². The summed E-state index contributed by atoms with van der Waals surface area (Å²) in [5, 5.41) is 2.93. The highest BCUT2D eigenvalue weighted by atomic mass is 19.1. The van der Waals surface area contributed by atoms with Gasteiger partial charge in [-0.3, -0.25) is 4.79 Å².